The van der Waals surface area contributed by atoms with Crippen molar-refractivity contribution in [2.75, 3.05) is 0 Å². The van der Waals surface area contributed by atoms with E-state index >= 15 is 8.78 Å². The second kappa shape index (κ2) is 13.8. The van der Waals surface area contributed by atoms with E-state index in [0.29, 0.717) is 42.7 Å². The molecular weight excluding hydrogens is 562 g/mol. The van der Waals surface area contributed by atoms with Crippen molar-refractivity contribution in [1.29, 1.82) is 0 Å². The molecule has 2 aliphatic rings. The third kappa shape index (κ3) is 7.58. The Hall–Kier alpha value is -2.96. The molecule has 0 unspecified atom stereocenters. The number of rotatable bonds is 10. The fourth-order valence-corrected chi connectivity index (χ4v) is 7.13. The summed E-state index contributed by atoms with van der Waals surface area (Å²) < 4.78 is 90.4. The van der Waals surface area contributed by atoms with Crippen LogP contribution in [0.2, 0.25) is 0 Å². The molecule has 7 heteroatoms. The van der Waals surface area contributed by atoms with E-state index in [1.807, 2.05) is 0 Å². The Labute approximate surface area is 250 Å². The van der Waals surface area contributed by atoms with Gasteiger partial charge in [-0.25, -0.2) is 17.6 Å². The van der Waals surface area contributed by atoms with E-state index < -0.39 is 35.3 Å². The molecule has 0 heterocycles. The zero-order valence-electron chi connectivity index (χ0n) is 24.7. The minimum absolute atomic E-state index is 0.240. The topological polar surface area (TPSA) is 9.23 Å². The number of unbranched alkanes of at least 4 members (excludes halogenated alkanes) is 2. The van der Waals surface area contributed by atoms with E-state index in [-0.39, 0.29) is 16.9 Å². The number of benzene rings is 3. The zero-order chi connectivity index (χ0) is 30.6. The van der Waals surface area contributed by atoms with Crippen LogP contribution in [0.15, 0.2) is 54.6 Å². The number of hydrogen-bond donors (Lipinski definition) is 0. The molecule has 0 bridgehead atoms. The highest BCUT2D eigenvalue weighted by molar-refractivity contribution is 5.65. The molecule has 0 N–H and O–H groups in total. The van der Waals surface area contributed by atoms with Gasteiger partial charge in [-0.2, -0.15) is 8.78 Å². The first-order chi connectivity index (χ1) is 20.6. The Bertz CT molecular complexity index is 1330. The monoisotopic (exact) mass is 602 g/mol. The molecule has 0 amide bonds. The lowest BCUT2D eigenvalue weighted by atomic mass is 9.68. The number of ether oxygens (including phenoxy) is 1. The van der Waals surface area contributed by atoms with Crippen LogP contribution < -0.4 is 4.74 Å². The van der Waals surface area contributed by atoms with Gasteiger partial charge in [0.1, 0.15) is 11.6 Å². The maximum Gasteiger partial charge on any atom is 0.400 e. The van der Waals surface area contributed by atoms with Crippen LogP contribution in [0.3, 0.4) is 0 Å². The van der Waals surface area contributed by atoms with Crippen LogP contribution in [-0.2, 0) is 6.42 Å². The molecule has 3 aromatic carbocycles. The van der Waals surface area contributed by atoms with Crippen molar-refractivity contribution in [3.8, 4) is 16.9 Å². The largest absolute Gasteiger partial charge is 0.432 e. The highest BCUT2D eigenvalue weighted by Crippen LogP contribution is 2.47. The molecule has 0 aromatic heterocycles. The lowest BCUT2D eigenvalue weighted by Gasteiger charge is -2.39. The summed E-state index contributed by atoms with van der Waals surface area (Å²) in [6, 6.07) is 13.5. The normalized spacial score (nSPS) is 22.9. The predicted octanol–water partition coefficient (Wildman–Crippen LogP) is 11.4. The highest BCUT2D eigenvalue weighted by Gasteiger charge is 2.45. The third-order valence-electron chi connectivity index (χ3n) is 9.70. The van der Waals surface area contributed by atoms with Crippen LogP contribution in [0.4, 0.5) is 26.3 Å². The van der Waals surface area contributed by atoms with Gasteiger partial charge in [-0.3, -0.25) is 0 Å². The van der Waals surface area contributed by atoms with Gasteiger partial charge in [-0.05, 0) is 123 Å². The van der Waals surface area contributed by atoms with Gasteiger partial charge in [0.05, 0.1) is 5.92 Å². The number of halogens is 6. The second-order valence-electron chi connectivity index (χ2n) is 12.5. The van der Waals surface area contributed by atoms with Gasteiger partial charge in [-0.1, -0.05) is 44.0 Å². The quantitative estimate of drug-likeness (QED) is 0.127. The number of aryl methyl sites for hydroxylation is 1. The Balaban J connectivity index is 1.11. The molecule has 0 atom stereocenters. The highest BCUT2D eigenvalue weighted by atomic mass is 19.3. The Morgan fingerprint density at radius 3 is 1.88 bits per heavy atom. The van der Waals surface area contributed by atoms with Crippen LogP contribution in [0.25, 0.3) is 11.1 Å². The fourth-order valence-electron chi connectivity index (χ4n) is 7.13. The molecule has 2 aliphatic carbocycles. The molecule has 2 fully saturated rings. The standard InChI is InChI=1S/C36H40F6O/c1-2-3-4-5-23-6-8-24(9-7-23)25-10-12-26(13-11-25)27-14-16-29(17-15-27)36(41,42)43-30-18-19-31(32(37)22-30)28-20-33(38)35(40)34(39)21-28/h6-9,18-22,25-27,29H,2-5,10-17H2,1H3. The molecule has 1 nitrogen and oxygen atoms in total. The summed E-state index contributed by atoms with van der Waals surface area (Å²) in [5, 5.41) is 0. The van der Waals surface area contributed by atoms with Gasteiger partial charge in [-0.15, -0.1) is 0 Å². The third-order valence-corrected chi connectivity index (χ3v) is 9.70. The molecule has 232 valence electrons. The van der Waals surface area contributed by atoms with E-state index in [2.05, 4.69) is 31.2 Å². The molecule has 0 saturated heterocycles. The summed E-state index contributed by atoms with van der Waals surface area (Å²) in [7, 11) is 0. The van der Waals surface area contributed by atoms with Crippen LogP contribution in [0.5, 0.6) is 5.75 Å². The summed E-state index contributed by atoms with van der Waals surface area (Å²) in [6.45, 7) is 2.22. The minimum atomic E-state index is -3.48. The van der Waals surface area contributed by atoms with Crippen molar-refractivity contribution < 1.29 is 31.1 Å². The summed E-state index contributed by atoms with van der Waals surface area (Å²) in [5.74, 6) is -5.37. The average molecular weight is 603 g/mol. The van der Waals surface area contributed by atoms with E-state index in [9.17, 15) is 17.6 Å². The number of alkyl halides is 2. The Morgan fingerprint density at radius 2 is 1.30 bits per heavy atom. The fraction of sp³-hybridized carbons (Fsp3) is 0.500. The Kier molecular flexibility index (Phi) is 10.1. The number of hydrogen-bond acceptors (Lipinski definition) is 1. The first kappa shape index (κ1) is 31.5. The zero-order valence-corrected chi connectivity index (χ0v) is 24.7. The van der Waals surface area contributed by atoms with Crippen LogP contribution in [0, 0.1) is 41.0 Å². The SMILES string of the molecule is CCCCCc1ccc(C2CCC(C3CCC(C(F)(F)Oc4ccc(-c5cc(F)c(F)c(F)c5)c(F)c4)CC3)CC2)cc1. The first-order valence-electron chi connectivity index (χ1n) is 15.7. The van der Waals surface area contributed by atoms with Gasteiger partial charge in [0.15, 0.2) is 17.5 Å². The average Bonchev–Trinajstić information content (AvgIpc) is 3.00. The van der Waals surface area contributed by atoms with E-state index in [0.717, 1.165) is 63.1 Å². The van der Waals surface area contributed by atoms with Crippen LogP contribution in [-0.4, -0.2) is 6.11 Å². The summed E-state index contributed by atoms with van der Waals surface area (Å²) in [5.41, 5.74) is 2.34. The van der Waals surface area contributed by atoms with Crippen molar-refractivity contribution in [2.45, 2.75) is 96.0 Å². The van der Waals surface area contributed by atoms with Crippen molar-refractivity contribution in [3.05, 3.63) is 89.0 Å². The predicted molar refractivity (Wildman–Crippen MR) is 157 cm³/mol. The summed E-state index contributed by atoms with van der Waals surface area (Å²) in [4.78, 5) is 0. The summed E-state index contributed by atoms with van der Waals surface area (Å²) >= 11 is 0. The van der Waals surface area contributed by atoms with E-state index in [4.69, 9.17) is 4.74 Å². The Morgan fingerprint density at radius 1 is 0.698 bits per heavy atom. The smallest absolute Gasteiger partial charge is 0.400 e. The van der Waals surface area contributed by atoms with Crippen molar-refractivity contribution >= 4 is 0 Å². The minimum Gasteiger partial charge on any atom is -0.432 e. The second-order valence-corrected chi connectivity index (χ2v) is 12.5. The molecule has 3 aromatic rings. The van der Waals surface area contributed by atoms with Crippen LogP contribution in [0.1, 0.15) is 94.6 Å². The van der Waals surface area contributed by atoms with Gasteiger partial charge >= 0.3 is 6.11 Å². The van der Waals surface area contributed by atoms with Crippen molar-refractivity contribution in [1.82, 2.24) is 0 Å². The van der Waals surface area contributed by atoms with Gasteiger partial charge in [0, 0.05) is 11.6 Å². The van der Waals surface area contributed by atoms with Gasteiger partial charge in [0.25, 0.3) is 0 Å². The lowest BCUT2D eigenvalue weighted by molar-refractivity contribution is -0.224. The molecule has 43 heavy (non-hydrogen) atoms. The summed E-state index contributed by atoms with van der Waals surface area (Å²) in [6.07, 6.45) is 8.03. The van der Waals surface area contributed by atoms with Crippen LogP contribution >= 0.6 is 0 Å². The maximum atomic E-state index is 15.1. The van der Waals surface area contributed by atoms with Crippen molar-refractivity contribution in [3.63, 3.8) is 0 Å². The van der Waals surface area contributed by atoms with Gasteiger partial charge in [0.2, 0.25) is 0 Å². The molecule has 0 aliphatic heterocycles. The maximum absolute atomic E-state index is 15.1. The lowest BCUT2D eigenvalue weighted by Crippen LogP contribution is -2.38. The van der Waals surface area contributed by atoms with Gasteiger partial charge < -0.3 is 4.74 Å². The molecule has 5 rings (SSSR count). The van der Waals surface area contributed by atoms with E-state index in [1.165, 1.54) is 30.4 Å². The van der Waals surface area contributed by atoms with Crippen molar-refractivity contribution in [2.24, 2.45) is 17.8 Å². The molecular formula is C36H40F6O. The molecule has 0 spiro atoms. The van der Waals surface area contributed by atoms with E-state index in [1.54, 1.807) is 0 Å². The first-order valence-corrected chi connectivity index (χ1v) is 15.7. The molecule has 0 radical (unpaired) electrons. The molecule has 2 saturated carbocycles.